The van der Waals surface area contributed by atoms with Crippen molar-refractivity contribution in [1.82, 2.24) is 0 Å². The predicted octanol–water partition coefficient (Wildman–Crippen LogP) is -3.95. The van der Waals surface area contributed by atoms with Crippen LogP contribution in [0, 0.1) is 5.41 Å². The molecule has 16 heteroatoms. The van der Waals surface area contributed by atoms with Gasteiger partial charge in [0, 0.05) is 0 Å². The van der Waals surface area contributed by atoms with Gasteiger partial charge in [0.15, 0.2) is 0 Å². The molecule has 16 nitrogen and oxygen atoms in total. The average molecular weight is 541 g/mol. The van der Waals surface area contributed by atoms with Gasteiger partial charge in [0.1, 0.15) is 26.4 Å². The van der Waals surface area contributed by atoms with Crippen molar-refractivity contribution < 1.29 is 57.1 Å². The van der Waals surface area contributed by atoms with Crippen LogP contribution in [0.2, 0.25) is 0 Å². The smallest absolute Gasteiger partial charge is 0.319 e. The van der Waals surface area contributed by atoms with Gasteiger partial charge < -0.3 is 60.8 Å². The molecule has 0 amide bonds. The Morgan fingerprint density at radius 1 is 0.405 bits per heavy atom. The molecule has 0 saturated carbocycles. The van der Waals surface area contributed by atoms with E-state index in [2.05, 4.69) is 0 Å². The predicted molar refractivity (Wildman–Crippen MR) is 126 cm³/mol. The van der Waals surface area contributed by atoms with Gasteiger partial charge >= 0.3 is 23.9 Å². The molecule has 216 valence electrons. The Morgan fingerprint density at radius 2 is 0.622 bits per heavy atom. The molecule has 0 aromatic carbocycles. The van der Waals surface area contributed by atoms with Crippen molar-refractivity contribution in [2.24, 2.45) is 28.3 Å². The lowest BCUT2D eigenvalue weighted by molar-refractivity contribution is -0.150. The average Bonchev–Trinajstić information content (AvgIpc) is 2.91. The van der Waals surface area contributed by atoms with Gasteiger partial charge in [-0.3, -0.25) is 19.2 Å². The summed E-state index contributed by atoms with van der Waals surface area (Å²) in [6.07, 6.45) is 0. The lowest BCUT2D eigenvalue weighted by Gasteiger charge is -2.33. The molecule has 0 aromatic heterocycles. The Labute approximate surface area is 215 Å². The van der Waals surface area contributed by atoms with Crippen molar-refractivity contribution in [3.8, 4) is 0 Å². The zero-order chi connectivity index (χ0) is 27.8. The Morgan fingerprint density at radius 3 is 0.811 bits per heavy atom. The minimum absolute atomic E-state index is 0.0200. The molecule has 0 spiro atoms. The van der Waals surface area contributed by atoms with E-state index in [-0.39, 0.29) is 105 Å². The quantitative estimate of drug-likeness (QED) is 0.0518. The summed E-state index contributed by atoms with van der Waals surface area (Å²) in [5.41, 5.74) is 19.9. The van der Waals surface area contributed by atoms with Crippen LogP contribution in [0.15, 0.2) is 0 Å². The topological polar surface area (TPSA) is 246 Å². The number of carbonyl (C=O) groups is 4. The fourth-order valence-corrected chi connectivity index (χ4v) is 2.50. The van der Waals surface area contributed by atoms with Crippen LogP contribution in [-0.4, -0.2) is 129 Å². The second-order valence-corrected chi connectivity index (χ2v) is 7.41. The first-order valence-corrected chi connectivity index (χ1v) is 11.6. The van der Waals surface area contributed by atoms with Crippen molar-refractivity contribution in [1.29, 1.82) is 0 Å². The van der Waals surface area contributed by atoms with E-state index in [9.17, 15) is 19.2 Å². The highest BCUT2D eigenvalue weighted by Crippen LogP contribution is 2.21. The first kappa shape index (κ1) is 34.6. The molecule has 8 N–H and O–H groups in total. The van der Waals surface area contributed by atoms with E-state index in [0.29, 0.717) is 0 Å². The summed E-state index contributed by atoms with van der Waals surface area (Å²) in [4.78, 5) is 44.8. The fourth-order valence-electron chi connectivity index (χ4n) is 2.50. The van der Waals surface area contributed by atoms with Crippen LogP contribution >= 0.6 is 0 Å². The van der Waals surface area contributed by atoms with E-state index in [1.807, 2.05) is 0 Å². The molecule has 0 aliphatic rings. The third kappa shape index (κ3) is 19.4. The molecule has 0 bridgehead atoms. The van der Waals surface area contributed by atoms with Crippen molar-refractivity contribution in [3.05, 3.63) is 0 Å². The molecule has 0 heterocycles. The normalized spacial score (nSPS) is 11.1. The molecule has 0 aliphatic carbocycles. The second-order valence-electron chi connectivity index (χ2n) is 7.41. The summed E-state index contributed by atoms with van der Waals surface area (Å²) >= 11 is 0. The van der Waals surface area contributed by atoms with Crippen molar-refractivity contribution in [3.63, 3.8) is 0 Å². The second kappa shape index (κ2) is 22.7. The van der Waals surface area contributed by atoms with Crippen LogP contribution in [-0.2, 0) is 57.1 Å². The molecular formula is C21H40N4O12. The molecule has 0 saturated heterocycles. The zero-order valence-corrected chi connectivity index (χ0v) is 21.0. The number of nitrogens with two attached hydrogens (primary N) is 4. The molecule has 37 heavy (non-hydrogen) atoms. The maximum absolute atomic E-state index is 11.2. The summed E-state index contributed by atoms with van der Waals surface area (Å²) in [7, 11) is 0. The van der Waals surface area contributed by atoms with E-state index in [1.165, 1.54) is 0 Å². The third-order valence-corrected chi connectivity index (χ3v) is 4.26. The maximum atomic E-state index is 11.2. The summed E-state index contributed by atoms with van der Waals surface area (Å²) in [5, 5.41) is 0. The Bertz CT molecular complexity index is 544. The van der Waals surface area contributed by atoms with Gasteiger partial charge in [-0.2, -0.15) is 0 Å². The molecule has 0 aliphatic heterocycles. The summed E-state index contributed by atoms with van der Waals surface area (Å²) in [6.45, 7) is -0.682. The standard InChI is InChI=1S/C21H40N4O12/c22-9-17(26)34-5-1-30-13-21(14-31-2-6-35-18(27)10-23,15-32-3-7-36-19(28)11-24)16-33-4-8-37-20(29)12-25/h1-16,22-25H2. The van der Waals surface area contributed by atoms with E-state index in [4.69, 9.17) is 60.8 Å². The summed E-state index contributed by atoms with van der Waals surface area (Å²) in [6, 6.07) is 0. The highest BCUT2D eigenvalue weighted by atomic mass is 16.6. The number of ether oxygens (including phenoxy) is 8. The van der Waals surface area contributed by atoms with Gasteiger partial charge in [0.05, 0.1) is 84.4 Å². The number of hydrogen-bond acceptors (Lipinski definition) is 16. The van der Waals surface area contributed by atoms with Gasteiger partial charge in [0.2, 0.25) is 0 Å². The highest BCUT2D eigenvalue weighted by molar-refractivity contribution is 5.72. The molecule has 0 rings (SSSR count). The SMILES string of the molecule is NCC(=O)OCCOCC(COCCOC(=O)CN)(COCCOC(=O)CN)COCCOC(=O)CN. The molecule has 0 aromatic rings. The highest BCUT2D eigenvalue weighted by Gasteiger charge is 2.33. The Hall–Kier alpha value is -2.44. The summed E-state index contributed by atoms with van der Waals surface area (Å²) in [5.74, 6) is -2.29. The third-order valence-electron chi connectivity index (χ3n) is 4.26. The number of carbonyl (C=O) groups excluding carboxylic acids is 4. The van der Waals surface area contributed by atoms with E-state index < -0.39 is 29.3 Å². The van der Waals surface area contributed by atoms with Crippen LogP contribution in [0.3, 0.4) is 0 Å². The van der Waals surface area contributed by atoms with Crippen LogP contribution in [0.25, 0.3) is 0 Å². The minimum atomic E-state index is -0.897. The molecule has 0 fully saturated rings. The van der Waals surface area contributed by atoms with E-state index >= 15 is 0 Å². The lowest BCUT2D eigenvalue weighted by atomic mass is 9.92. The molecule has 0 radical (unpaired) electrons. The molecule has 0 atom stereocenters. The monoisotopic (exact) mass is 540 g/mol. The van der Waals surface area contributed by atoms with Crippen molar-refractivity contribution in [2.45, 2.75) is 0 Å². The van der Waals surface area contributed by atoms with Gasteiger partial charge in [0.25, 0.3) is 0 Å². The van der Waals surface area contributed by atoms with Gasteiger partial charge in [-0.15, -0.1) is 0 Å². The first-order chi connectivity index (χ1) is 17.8. The van der Waals surface area contributed by atoms with Crippen molar-refractivity contribution in [2.75, 3.05) is 105 Å². The van der Waals surface area contributed by atoms with Gasteiger partial charge in [-0.05, 0) is 0 Å². The minimum Gasteiger partial charge on any atom is -0.462 e. The lowest BCUT2D eigenvalue weighted by Crippen LogP contribution is -2.43. The number of hydrogen-bond donors (Lipinski definition) is 4. The van der Waals surface area contributed by atoms with E-state index in [1.54, 1.807) is 0 Å². The first-order valence-electron chi connectivity index (χ1n) is 11.6. The molecular weight excluding hydrogens is 500 g/mol. The largest absolute Gasteiger partial charge is 0.462 e. The van der Waals surface area contributed by atoms with Crippen LogP contribution < -0.4 is 22.9 Å². The Balaban J connectivity index is 5.05. The molecule has 0 unspecified atom stereocenters. The maximum Gasteiger partial charge on any atom is 0.319 e. The number of rotatable bonds is 24. The van der Waals surface area contributed by atoms with Gasteiger partial charge in [-0.1, -0.05) is 0 Å². The fraction of sp³-hybridized carbons (Fsp3) is 0.810. The number of esters is 4. The van der Waals surface area contributed by atoms with E-state index in [0.717, 1.165) is 0 Å². The van der Waals surface area contributed by atoms with Crippen LogP contribution in [0.1, 0.15) is 0 Å². The van der Waals surface area contributed by atoms with Crippen molar-refractivity contribution >= 4 is 23.9 Å². The zero-order valence-electron chi connectivity index (χ0n) is 21.0. The summed E-state index contributed by atoms with van der Waals surface area (Å²) < 4.78 is 42.2. The Kier molecular flexibility index (Phi) is 21.2. The van der Waals surface area contributed by atoms with Gasteiger partial charge in [-0.25, -0.2) is 0 Å². The van der Waals surface area contributed by atoms with Crippen LogP contribution in [0.5, 0.6) is 0 Å². The van der Waals surface area contributed by atoms with Crippen LogP contribution in [0.4, 0.5) is 0 Å².